The van der Waals surface area contributed by atoms with Crippen LogP contribution in [0.25, 0.3) is 0 Å². The second-order valence-electron chi connectivity index (χ2n) is 4.66. The van der Waals surface area contributed by atoms with Crippen LogP contribution in [0, 0.1) is 0 Å². The molecule has 0 fully saturated rings. The average Bonchev–Trinajstić information content (AvgIpc) is 2.41. The van der Waals surface area contributed by atoms with E-state index in [4.69, 9.17) is 0 Å². The van der Waals surface area contributed by atoms with Gasteiger partial charge in [0.25, 0.3) is 0 Å². The maximum Gasteiger partial charge on any atom is 0.411 e. The van der Waals surface area contributed by atoms with Crippen molar-refractivity contribution in [1.82, 2.24) is 0 Å². The van der Waals surface area contributed by atoms with Gasteiger partial charge in [-0.2, -0.15) is 13.2 Å². The van der Waals surface area contributed by atoms with E-state index in [0.29, 0.717) is 6.42 Å². The fourth-order valence-corrected chi connectivity index (χ4v) is 2.62. The Morgan fingerprint density at radius 2 is 1.90 bits per heavy atom. The van der Waals surface area contributed by atoms with E-state index in [1.54, 1.807) is 0 Å². The van der Waals surface area contributed by atoms with Gasteiger partial charge in [-0.1, -0.05) is 48.0 Å². The maximum absolute atomic E-state index is 12.0. The molecule has 1 aromatic rings. The van der Waals surface area contributed by atoms with Gasteiger partial charge in [-0.25, -0.2) is 0 Å². The van der Waals surface area contributed by atoms with Gasteiger partial charge in [-0.05, 0) is 36.0 Å². The molecule has 114 valence electrons. The standard InChI is InChI=1S/C15H20BrF3O/c1-3-11-5-6-12(4-2)13(9-11)14(16)7-8-20-10-15(17,18)19/h5-6,9,14H,3-4,7-8,10H2,1-2H3. The zero-order chi connectivity index (χ0) is 15.2. The molecule has 20 heavy (non-hydrogen) atoms. The summed E-state index contributed by atoms with van der Waals surface area (Å²) in [5.41, 5.74) is 3.61. The fraction of sp³-hybridized carbons (Fsp3) is 0.600. The molecule has 1 atom stereocenters. The summed E-state index contributed by atoms with van der Waals surface area (Å²) in [6.45, 7) is 3.07. The number of halogens is 4. The minimum atomic E-state index is -4.25. The molecule has 0 aromatic heterocycles. The molecule has 1 rings (SSSR count). The van der Waals surface area contributed by atoms with E-state index in [9.17, 15) is 13.2 Å². The van der Waals surface area contributed by atoms with Crippen LogP contribution >= 0.6 is 15.9 Å². The van der Waals surface area contributed by atoms with Crippen molar-refractivity contribution in [3.8, 4) is 0 Å². The van der Waals surface area contributed by atoms with E-state index in [2.05, 4.69) is 52.7 Å². The summed E-state index contributed by atoms with van der Waals surface area (Å²) in [5, 5.41) is 0. The van der Waals surface area contributed by atoms with E-state index < -0.39 is 12.8 Å². The smallest absolute Gasteiger partial charge is 0.372 e. The number of rotatable bonds is 7. The second-order valence-corrected chi connectivity index (χ2v) is 5.77. The van der Waals surface area contributed by atoms with Crippen LogP contribution in [0.2, 0.25) is 0 Å². The molecule has 0 aliphatic heterocycles. The van der Waals surface area contributed by atoms with Crippen LogP contribution in [-0.4, -0.2) is 19.4 Å². The topological polar surface area (TPSA) is 9.23 Å². The normalized spacial score (nSPS) is 13.5. The van der Waals surface area contributed by atoms with E-state index >= 15 is 0 Å². The Hall–Kier alpha value is -0.550. The number of hydrogen-bond acceptors (Lipinski definition) is 1. The number of benzene rings is 1. The van der Waals surface area contributed by atoms with Gasteiger partial charge in [0, 0.05) is 11.4 Å². The molecular weight excluding hydrogens is 333 g/mol. The third-order valence-corrected chi connectivity index (χ3v) is 4.07. The number of ether oxygens (including phenoxy) is 1. The molecule has 0 N–H and O–H groups in total. The molecule has 0 aliphatic rings. The quantitative estimate of drug-likeness (QED) is 0.483. The lowest BCUT2D eigenvalue weighted by atomic mass is 9.97. The van der Waals surface area contributed by atoms with Crippen molar-refractivity contribution >= 4 is 15.9 Å². The van der Waals surface area contributed by atoms with Crippen LogP contribution in [0.5, 0.6) is 0 Å². The van der Waals surface area contributed by atoms with Crippen molar-refractivity contribution in [2.45, 2.75) is 44.1 Å². The lowest BCUT2D eigenvalue weighted by Gasteiger charge is -2.16. The summed E-state index contributed by atoms with van der Waals surface area (Å²) in [4.78, 5) is 0.0252. The highest BCUT2D eigenvalue weighted by molar-refractivity contribution is 9.09. The summed E-state index contributed by atoms with van der Waals surface area (Å²) in [5.74, 6) is 0. The number of alkyl halides is 4. The van der Waals surface area contributed by atoms with Gasteiger partial charge in [-0.3, -0.25) is 0 Å². The Balaban J connectivity index is 2.60. The van der Waals surface area contributed by atoms with Crippen LogP contribution in [0.1, 0.15) is 41.8 Å². The minimum absolute atomic E-state index is 0.0252. The highest BCUT2D eigenvalue weighted by Crippen LogP contribution is 2.31. The van der Waals surface area contributed by atoms with Crippen LogP contribution in [0.15, 0.2) is 18.2 Å². The molecule has 1 unspecified atom stereocenters. The molecule has 0 spiro atoms. The van der Waals surface area contributed by atoms with Crippen molar-refractivity contribution in [2.75, 3.05) is 13.2 Å². The van der Waals surface area contributed by atoms with Crippen molar-refractivity contribution in [2.24, 2.45) is 0 Å². The molecule has 0 radical (unpaired) electrons. The first-order valence-corrected chi connectivity index (χ1v) is 7.69. The Morgan fingerprint density at radius 1 is 1.20 bits per heavy atom. The summed E-state index contributed by atoms with van der Waals surface area (Å²) in [6.07, 6.45) is -1.87. The highest BCUT2D eigenvalue weighted by atomic mass is 79.9. The van der Waals surface area contributed by atoms with Crippen molar-refractivity contribution in [1.29, 1.82) is 0 Å². The summed E-state index contributed by atoms with van der Waals surface area (Å²) >= 11 is 3.56. The molecule has 0 aliphatic carbocycles. The fourth-order valence-electron chi connectivity index (χ4n) is 2.01. The van der Waals surface area contributed by atoms with Crippen molar-refractivity contribution < 1.29 is 17.9 Å². The minimum Gasteiger partial charge on any atom is -0.372 e. The lowest BCUT2D eigenvalue weighted by molar-refractivity contribution is -0.174. The zero-order valence-corrected chi connectivity index (χ0v) is 13.4. The Labute approximate surface area is 126 Å². The molecule has 1 aromatic carbocycles. The van der Waals surface area contributed by atoms with Gasteiger partial charge in [0.2, 0.25) is 0 Å². The van der Waals surface area contributed by atoms with Gasteiger partial charge in [0.15, 0.2) is 0 Å². The predicted molar refractivity (Wildman–Crippen MR) is 78.4 cm³/mol. The molecule has 0 saturated carbocycles. The first-order valence-electron chi connectivity index (χ1n) is 6.77. The molecule has 0 saturated heterocycles. The Bertz CT molecular complexity index is 418. The Kier molecular flexibility index (Phi) is 7.03. The summed E-state index contributed by atoms with van der Waals surface area (Å²) in [7, 11) is 0. The predicted octanol–water partition coefficient (Wildman–Crippen LogP) is 5.22. The average molecular weight is 353 g/mol. The Morgan fingerprint density at radius 3 is 2.45 bits per heavy atom. The highest BCUT2D eigenvalue weighted by Gasteiger charge is 2.27. The van der Waals surface area contributed by atoms with Crippen LogP contribution in [0.4, 0.5) is 13.2 Å². The largest absolute Gasteiger partial charge is 0.411 e. The SMILES string of the molecule is CCc1ccc(CC)c(C(Br)CCOCC(F)(F)F)c1. The van der Waals surface area contributed by atoms with Crippen molar-refractivity contribution in [3.63, 3.8) is 0 Å². The molecule has 5 heteroatoms. The monoisotopic (exact) mass is 352 g/mol. The van der Waals surface area contributed by atoms with Gasteiger partial charge in [0.1, 0.15) is 6.61 Å². The first-order chi connectivity index (χ1) is 9.37. The van der Waals surface area contributed by atoms with E-state index in [-0.39, 0.29) is 11.4 Å². The molecule has 0 amide bonds. The van der Waals surface area contributed by atoms with Gasteiger partial charge >= 0.3 is 6.18 Å². The third-order valence-electron chi connectivity index (χ3n) is 3.12. The third kappa shape index (κ3) is 5.83. The van der Waals surface area contributed by atoms with E-state index in [1.165, 1.54) is 11.1 Å². The zero-order valence-electron chi connectivity index (χ0n) is 11.8. The molecule has 1 nitrogen and oxygen atoms in total. The number of hydrogen-bond donors (Lipinski definition) is 0. The van der Waals surface area contributed by atoms with E-state index in [1.807, 2.05) is 0 Å². The van der Waals surface area contributed by atoms with Crippen LogP contribution < -0.4 is 0 Å². The van der Waals surface area contributed by atoms with Crippen LogP contribution in [-0.2, 0) is 17.6 Å². The molecule has 0 heterocycles. The number of aryl methyl sites for hydroxylation is 2. The maximum atomic E-state index is 12.0. The lowest BCUT2D eigenvalue weighted by Crippen LogP contribution is -2.17. The van der Waals surface area contributed by atoms with Crippen LogP contribution in [0.3, 0.4) is 0 Å². The molecular formula is C15H20BrF3O. The van der Waals surface area contributed by atoms with Gasteiger partial charge in [-0.15, -0.1) is 0 Å². The summed E-state index contributed by atoms with van der Waals surface area (Å²) < 4.78 is 40.6. The second kappa shape index (κ2) is 8.03. The van der Waals surface area contributed by atoms with Crippen molar-refractivity contribution in [3.05, 3.63) is 34.9 Å². The first kappa shape index (κ1) is 17.5. The van der Waals surface area contributed by atoms with Gasteiger partial charge in [0.05, 0.1) is 0 Å². The summed E-state index contributed by atoms with van der Waals surface area (Å²) in [6, 6.07) is 6.32. The molecule has 0 bridgehead atoms. The van der Waals surface area contributed by atoms with E-state index in [0.717, 1.165) is 18.4 Å². The van der Waals surface area contributed by atoms with Gasteiger partial charge < -0.3 is 4.74 Å².